The molecule has 0 aliphatic carbocycles. The third kappa shape index (κ3) is 2.76. The van der Waals surface area contributed by atoms with Gasteiger partial charge >= 0.3 is 0 Å². The van der Waals surface area contributed by atoms with Crippen LogP contribution in [0.25, 0.3) is 0 Å². The van der Waals surface area contributed by atoms with E-state index in [-0.39, 0.29) is 5.75 Å². The highest BCUT2D eigenvalue weighted by molar-refractivity contribution is 5.45. The number of aromatic hydroxyl groups is 1. The number of methoxy groups -OCH3 is 1. The Balaban J connectivity index is 1.57. The molecule has 0 bridgehead atoms. The summed E-state index contributed by atoms with van der Waals surface area (Å²) >= 11 is 0. The highest BCUT2D eigenvalue weighted by Crippen LogP contribution is 2.30. The Labute approximate surface area is 120 Å². The number of hydrogen-bond donors (Lipinski definition) is 2. The van der Waals surface area contributed by atoms with E-state index in [1.165, 1.54) is 38.8 Å². The standard InChI is InChI=1S/C16H24N2O2/c1-20-15-6-2-4-12(16(15)19)11-17-13-7-9-18-8-3-5-14(18)10-13/h2,4,6,13-14,17,19H,3,5,7-11H2,1H3. The van der Waals surface area contributed by atoms with E-state index in [2.05, 4.69) is 10.2 Å². The van der Waals surface area contributed by atoms with E-state index in [4.69, 9.17) is 4.74 Å². The van der Waals surface area contributed by atoms with Gasteiger partial charge in [-0.2, -0.15) is 0 Å². The summed E-state index contributed by atoms with van der Waals surface area (Å²) in [7, 11) is 1.59. The summed E-state index contributed by atoms with van der Waals surface area (Å²) in [5.41, 5.74) is 0.915. The Morgan fingerprint density at radius 3 is 3.10 bits per heavy atom. The van der Waals surface area contributed by atoms with Crippen LogP contribution in [0.4, 0.5) is 0 Å². The first kappa shape index (κ1) is 13.7. The third-order valence-corrected chi connectivity index (χ3v) is 4.70. The molecule has 2 heterocycles. The van der Waals surface area contributed by atoms with E-state index in [9.17, 15) is 5.11 Å². The molecule has 20 heavy (non-hydrogen) atoms. The van der Waals surface area contributed by atoms with Gasteiger partial charge in [0.2, 0.25) is 0 Å². The van der Waals surface area contributed by atoms with Gasteiger partial charge in [0.05, 0.1) is 7.11 Å². The first-order chi connectivity index (χ1) is 9.78. The molecule has 110 valence electrons. The number of ether oxygens (including phenoxy) is 1. The molecule has 4 heteroatoms. The summed E-state index contributed by atoms with van der Waals surface area (Å²) in [6.45, 7) is 3.21. The minimum Gasteiger partial charge on any atom is -0.504 e. The third-order valence-electron chi connectivity index (χ3n) is 4.70. The van der Waals surface area contributed by atoms with Crippen molar-refractivity contribution in [2.45, 2.75) is 44.3 Å². The fraction of sp³-hybridized carbons (Fsp3) is 0.625. The van der Waals surface area contributed by atoms with Gasteiger partial charge in [0.15, 0.2) is 11.5 Å². The van der Waals surface area contributed by atoms with Crippen LogP contribution in [0.5, 0.6) is 11.5 Å². The zero-order chi connectivity index (χ0) is 13.9. The topological polar surface area (TPSA) is 44.7 Å². The molecule has 2 aliphatic heterocycles. The molecule has 0 radical (unpaired) electrons. The molecule has 0 spiro atoms. The van der Waals surface area contributed by atoms with Crippen LogP contribution in [-0.2, 0) is 6.54 Å². The van der Waals surface area contributed by atoms with Crippen LogP contribution in [-0.4, -0.2) is 42.3 Å². The van der Waals surface area contributed by atoms with Gasteiger partial charge in [-0.25, -0.2) is 0 Å². The van der Waals surface area contributed by atoms with Crippen molar-refractivity contribution in [2.24, 2.45) is 0 Å². The number of nitrogens with zero attached hydrogens (tertiary/aromatic N) is 1. The van der Waals surface area contributed by atoms with Crippen molar-refractivity contribution in [3.8, 4) is 11.5 Å². The lowest BCUT2D eigenvalue weighted by atomic mass is 9.97. The number of para-hydroxylation sites is 1. The molecule has 2 fully saturated rings. The van der Waals surface area contributed by atoms with Crippen LogP contribution in [0.2, 0.25) is 0 Å². The average molecular weight is 276 g/mol. The average Bonchev–Trinajstić information content (AvgIpc) is 2.93. The van der Waals surface area contributed by atoms with Crippen molar-refractivity contribution < 1.29 is 9.84 Å². The maximum atomic E-state index is 10.1. The molecule has 2 aliphatic rings. The molecule has 2 atom stereocenters. The van der Waals surface area contributed by atoms with Gasteiger partial charge in [-0.1, -0.05) is 12.1 Å². The quantitative estimate of drug-likeness (QED) is 0.884. The summed E-state index contributed by atoms with van der Waals surface area (Å²) in [6, 6.07) is 7.01. The minimum atomic E-state index is 0.265. The first-order valence-corrected chi connectivity index (χ1v) is 7.60. The normalized spacial score (nSPS) is 26.4. The van der Waals surface area contributed by atoms with E-state index in [0.29, 0.717) is 18.3 Å². The number of phenols is 1. The Hall–Kier alpha value is -1.26. The second-order valence-electron chi connectivity index (χ2n) is 5.90. The van der Waals surface area contributed by atoms with Gasteiger partial charge in [0, 0.05) is 24.2 Å². The van der Waals surface area contributed by atoms with Crippen molar-refractivity contribution in [2.75, 3.05) is 20.2 Å². The molecule has 2 unspecified atom stereocenters. The number of rotatable bonds is 4. The van der Waals surface area contributed by atoms with E-state index in [1.54, 1.807) is 13.2 Å². The molecular weight excluding hydrogens is 252 g/mol. The lowest BCUT2D eigenvalue weighted by molar-refractivity contribution is 0.166. The molecule has 0 saturated carbocycles. The summed E-state index contributed by atoms with van der Waals surface area (Å²) < 4.78 is 5.15. The maximum absolute atomic E-state index is 10.1. The number of nitrogens with one attached hydrogen (secondary N) is 1. The minimum absolute atomic E-state index is 0.265. The predicted molar refractivity (Wildman–Crippen MR) is 79.1 cm³/mol. The number of fused-ring (bicyclic) bond motifs is 1. The van der Waals surface area contributed by atoms with E-state index >= 15 is 0 Å². The monoisotopic (exact) mass is 276 g/mol. The van der Waals surface area contributed by atoms with E-state index < -0.39 is 0 Å². The zero-order valence-electron chi connectivity index (χ0n) is 12.1. The van der Waals surface area contributed by atoms with Crippen LogP contribution < -0.4 is 10.1 Å². The largest absolute Gasteiger partial charge is 0.504 e. The lowest BCUT2D eigenvalue weighted by Crippen LogP contribution is -2.45. The second-order valence-corrected chi connectivity index (χ2v) is 5.90. The summed E-state index contributed by atoms with van der Waals surface area (Å²) in [5.74, 6) is 0.815. The zero-order valence-corrected chi connectivity index (χ0v) is 12.1. The van der Waals surface area contributed by atoms with Gasteiger partial charge in [-0.15, -0.1) is 0 Å². The van der Waals surface area contributed by atoms with Crippen molar-refractivity contribution in [3.63, 3.8) is 0 Å². The predicted octanol–water partition coefficient (Wildman–Crippen LogP) is 2.12. The summed E-state index contributed by atoms with van der Waals surface area (Å²) in [4.78, 5) is 2.63. The van der Waals surface area contributed by atoms with Crippen molar-refractivity contribution in [3.05, 3.63) is 23.8 Å². The van der Waals surface area contributed by atoms with Crippen molar-refractivity contribution >= 4 is 0 Å². The van der Waals surface area contributed by atoms with Crippen LogP contribution in [0, 0.1) is 0 Å². The Kier molecular flexibility index (Phi) is 4.13. The van der Waals surface area contributed by atoms with Crippen LogP contribution >= 0.6 is 0 Å². The van der Waals surface area contributed by atoms with Gasteiger partial charge < -0.3 is 20.1 Å². The summed E-state index contributed by atoms with van der Waals surface area (Å²) in [5, 5.41) is 13.7. The number of piperidine rings is 1. The van der Waals surface area contributed by atoms with Crippen molar-refractivity contribution in [1.82, 2.24) is 10.2 Å². The maximum Gasteiger partial charge on any atom is 0.162 e. The van der Waals surface area contributed by atoms with Gasteiger partial charge in [0.25, 0.3) is 0 Å². The molecule has 4 nitrogen and oxygen atoms in total. The Morgan fingerprint density at radius 1 is 1.35 bits per heavy atom. The molecule has 0 aromatic heterocycles. The van der Waals surface area contributed by atoms with Gasteiger partial charge in [-0.05, 0) is 44.8 Å². The molecule has 1 aromatic carbocycles. The van der Waals surface area contributed by atoms with E-state index in [0.717, 1.165) is 11.6 Å². The van der Waals surface area contributed by atoms with Crippen molar-refractivity contribution in [1.29, 1.82) is 0 Å². The Morgan fingerprint density at radius 2 is 2.25 bits per heavy atom. The number of benzene rings is 1. The highest BCUT2D eigenvalue weighted by Gasteiger charge is 2.31. The fourth-order valence-corrected chi connectivity index (χ4v) is 3.54. The molecule has 2 N–H and O–H groups in total. The van der Waals surface area contributed by atoms with Gasteiger partial charge in [0.1, 0.15) is 0 Å². The first-order valence-electron chi connectivity index (χ1n) is 7.60. The van der Waals surface area contributed by atoms with E-state index in [1.807, 2.05) is 12.1 Å². The fourth-order valence-electron chi connectivity index (χ4n) is 3.54. The van der Waals surface area contributed by atoms with Crippen LogP contribution in [0.1, 0.15) is 31.2 Å². The van der Waals surface area contributed by atoms with Crippen LogP contribution in [0.3, 0.4) is 0 Å². The molecular formula is C16H24N2O2. The molecule has 3 rings (SSSR count). The second kappa shape index (κ2) is 6.02. The summed E-state index contributed by atoms with van der Waals surface area (Å²) in [6.07, 6.45) is 5.16. The molecule has 0 amide bonds. The van der Waals surface area contributed by atoms with Gasteiger partial charge in [-0.3, -0.25) is 0 Å². The van der Waals surface area contributed by atoms with Crippen LogP contribution in [0.15, 0.2) is 18.2 Å². The lowest BCUT2D eigenvalue weighted by Gasteiger charge is -2.35. The number of hydrogen-bond acceptors (Lipinski definition) is 4. The molecule has 1 aromatic rings. The molecule has 2 saturated heterocycles. The Bertz CT molecular complexity index is 464. The number of phenolic OH excluding ortho intramolecular Hbond substituents is 1. The smallest absolute Gasteiger partial charge is 0.162 e. The highest BCUT2D eigenvalue weighted by atomic mass is 16.5. The SMILES string of the molecule is COc1cccc(CNC2CCN3CCCC3C2)c1O.